The molecule has 0 bridgehead atoms. The fraction of sp³-hybridized carbons (Fsp3) is 0.667. The summed E-state index contributed by atoms with van der Waals surface area (Å²) in [5.74, 6) is -3.49. The Kier molecular flexibility index (Phi) is 6.75. The molecular weight excluding hydrogens is 447 g/mol. The van der Waals surface area contributed by atoms with E-state index in [-0.39, 0.29) is 52.8 Å². The number of rotatable bonds is 8. The third-order valence-electron chi connectivity index (χ3n) is 5.58. The van der Waals surface area contributed by atoms with Crippen molar-refractivity contribution in [2.45, 2.75) is 82.6 Å². The lowest BCUT2D eigenvalue weighted by molar-refractivity contribution is -0.134. The van der Waals surface area contributed by atoms with Gasteiger partial charge < -0.3 is 19.5 Å². The van der Waals surface area contributed by atoms with E-state index in [2.05, 4.69) is 15.3 Å². The summed E-state index contributed by atoms with van der Waals surface area (Å²) in [6, 6.07) is -0.0550. The molecule has 4 rings (SSSR count). The molecule has 176 valence electrons. The van der Waals surface area contributed by atoms with Crippen molar-refractivity contribution < 1.29 is 32.2 Å². The first-order valence-electron chi connectivity index (χ1n) is 10.7. The van der Waals surface area contributed by atoms with Gasteiger partial charge in [-0.3, -0.25) is 4.79 Å². The van der Waals surface area contributed by atoms with Crippen LogP contribution in [0.3, 0.4) is 0 Å². The van der Waals surface area contributed by atoms with E-state index >= 15 is 0 Å². The number of nitrogens with zero attached hydrogens (tertiary/aromatic N) is 2. The normalized spacial score (nSPS) is 24.0. The smallest absolute Gasteiger partial charge is 0.274 e. The molecule has 0 aliphatic heterocycles. The van der Waals surface area contributed by atoms with E-state index in [4.69, 9.17) is 14.2 Å². The number of halogens is 3. The van der Waals surface area contributed by atoms with Crippen LogP contribution in [-0.4, -0.2) is 52.8 Å². The van der Waals surface area contributed by atoms with E-state index in [0.29, 0.717) is 25.0 Å². The minimum absolute atomic E-state index is 0.0550. The van der Waals surface area contributed by atoms with Crippen molar-refractivity contribution in [3.63, 3.8) is 0 Å². The fourth-order valence-electron chi connectivity index (χ4n) is 3.94. The molecule has 0 unspecified atom stereocenters. The maximum Gasteiger partial charge on any atom is 0.274 e. The van der Waals surface area contributed by atoms with Gasteiger partial charge in [-0.25, -0.2) is 18.7 Å². The average molecular weight is 474 g/mol. The van der Waals surface area contributed by atoms with Crippen LogP contribution in [0.1, 0.15) is 52.4 Å². The lowest BCUT2D eigenvalue weighted by Gasteiger charge is -2.33. The second-order valence-corrected chi connectivity index (χ2v) is 9.49. The summed E-state index contributed by atoms with van der Waals surface area (Å²) in [5, 5.41) is 2.94. The first-order chi connectivity index (χ1) is 15.2. The van der Waals surface area contributed by atoms with Crippen molar-refractivity contribution in [3.8, 4) is 11.1 Å². The highest BCUT2D eigenvalue weighted by atomic mass is 32.1. The molecule has 2 saturated carbocycles. The molecule has 1 atom stereocenters. The molecule has 0 aromatic carbocycles. The van der Waals surface area contributed by atoms with Crippen LogP contribution in [-0.2, 0) is 9.53 Å². The maximum absolute atomic E-state index is 14.9. The monoisotopic (exact) mass is 473 g/mol. The molecule has 2 aromatic rings. The van der Waals surface area contributed by atoms with E-state index in [9.17, 15) is 18.0 Å². The maximum atomic E-state index is 14.9. The van der Waals surface area contributed by atoms with Gasteiger partial charge in [-0.15, -0.1) is 0 Å². The van der Waals surface area contributed by atoms with Crippen LogP contribution in [0.4, 0.5) is 13.2 Å². The molecule has 0 saturated heterocycles. The van der Waals surface area contributed by atoms with Crippen molar-refractivity contribution in [1.82, 2.24) is 15.3 Å². The Balaban J connectivity index is 1.29. The number of alkyl halides is 2. The van der Waals surface area contributed by atoms with Gasteiger partial charge in [0.1, 0.15) is 22.4 Å². The molecule has 2 heterocycles. The third kappa shape index (κ3) is 5.61. The Labute approximate surface area is 187 Å². The molecule has 2 aliphatic carbocycles. The Morgan fingerprint density at radius 2 is 1.91 bits per heavy atom. The number of aromatic nitrogens is 2. The van der Waals surface area contributed by atoms with Crippen molar-refractivity contribution in [3.05, 3.63) is 12.0 Å². The SMILES string of the molecule is CC(=O)N[C@@H](C)CO[C@H]1CC[C@H](Oc2ncc3nc(OC4CC(F)(F)C4)sc3c2F)CC1. The van der Waals surface area contributed by atoms with Crippen LogP contribution in [0.15, 0.2) is 6.20 Å². The van der Waals surface area contributed by atoms with Gasteiger partial charge >= 0.3 is 0 Å². The molecule has 1 amide bonds. The van der Waals surface area contributed by atoms with Gasteiger partial charge in [-0.1, -0.05) is 11.3 Å². The van der Waals surface area contributed by atoms with Crippen molar-refractivity contribution in [2.24, 2.45) is 0 Å². The minimum atomic E-state index is -2.69. The van der Waals surface area contributed by atoms with Crippen LogP contribution in [0.25, 0.3) is 10.2 Å². The van der Waals surface area contributed by atoms with Gasteiger partial charge in [0.05, 0.1) is 18.9 Å². The molecule has 32 heavy (non-hydrogen) atoms. The number of nitrogens with one attached hydrogen (secondary N) is 1. The topological polar surface area (TPSA) is 82.6 Å². The second kappa shape index (κ2) is 9.38. The Morgan fingerprint density at radius 3 is 2.56 bits per heavy atom. The quantitative estimate of drug-likeness (QED) is 0.618. The molecule has 2 aromatic heterocycles. The fourth-order valence-corrected chi connectivity index (χ4v) is 4.82. The zero-order valence-corrected chi connectivity index (χ0v) is 18.7. The molecule has 2 fully saturated rings. The van der Waals surface area contributed by atoms with Gasteiger partial charge in [0, 0.05) is 25.8 Å². The standard InChI is InChI=1S/C21H26F3N3O4S/c1-11(26-12(2)28)10-29-13-3-5-14(6-4-13)30-19-17(22)18-16(9-25-19)27-20(32-18)31-15-7-21(23,24)8-15/h9,11,13-15H,3-8,10H2,1-2H3,(H,26,28)/t11-,13-,14-/m0/s1. The van der Waals surface area contributed by atoms with E-state index in [0.717, 1.165) is 24.2 Å². The molecular formula is C21H26F3N3O4S. The highest BCUT2D eigenvalue weighted by Crippen LogP contribution is 2.41. The van der Waals surface area contributed by atoms with Crippen molar-refractivity contribution >= 4 is 27.5 Å². The summed E-state index contributed by atoms with van der Waals surface area (Å²) in [4.78, 5) is 19.3. The lowest BCUT2D eigenvalue weighted by Crippen LogP contribution is -2.43. The second-order valence-electron chi connectivity index (χ2n) is 8.53. The average Bonchev–Trinajstić information content (AvgIpc) is 3.11. The predicted octanol–water partition coefficient (Wildman–Crippen LogP) is 4.24. The number of fused-ring (bicyclic) bond motifs is 1. The summed E-state index contributed by atoms with van der Waals surface area (Å²) in [5.41, 5.74) is 0.311. The summed E-state index contributed by atoms with van der Waals surface area (Å²) in [6.07, 6.45) is 2.94. The first kappa shape index (κ1) is 23.0. The van der Waals surface area contributed by atoms with Gasteiger partial charge in [-0.2, -0.15) is 4.39 Å². The molecule has 11 heteroatoms. The first-order valence-corrected chi connectivity index (χ1v) is 11.5. The molecule has 2 aliphatic rings. The molecule has 0 radical (unpaired) electrons. The Morgan fingerprint density at radius 1 is 1.22 bits per heavy atom. The Bertz CT molecular complexity index is 957. The highest BCUT2D eigenvalue weighted by molar-refractivity contribution is 7.20. The molecule has 1 N–H and O–H groups in total. The lowest BCUT2D eigenvalue weighted by atomic mass is 9.91. The minimum Gasteiger partial charge on any atom is -0.472 e. The number of thiazole rings is 1. The zero-order chi connectivity index (χ0) is 22.9. The van der Waals surface area contributed by atoms with Crippen LogP contribution in [0.5, 0.6) is 11.1 Å². The largest absolute Gasteiger partial charge is 0.472 e. The number of carbonyl (C=O) groups is 1. The number of carbonyl (C=O) groups excluding carboxylic acids is 1. The highest BCUT2D eigenvalue weighted by Gasteiger charge is 2.47. The molecule has 0 spiro atoms. The van der Waals surface area contributed by atoms with Crippen LogP contribution >= 0.6 is 11.3 Å². The summed E-state index contributed by atoms with van der Waals surface area (Å²) in [6.45, 7) is 3.80. The third-order valence-corrected chi connectivity index (χ3v) is 6.53. The number of hydrogen-bond acceptors (Lipinski definition) is 7. The van der Waals surface area contributed by atoms with Gasteiger partial charge in [0.15, 0.2) is 0 Å². The predicted molar refractivity (Wildman–Crippen MR) is 112 cm³/mol. The number of ether oxygens (including phenoxy) is 3. The molecule has 7 nitrogen and oxygen atoms in total. The van der Waals surface area contributed by atoms with Crippen LogP contribution < -0.4 is 14.8 Å². The number of hydrogen-bond donors (Lipinski definition) is 1. The van der Waals surface area contributed by atoms with Gasteiger partial charge in [0.2, 0.25) is 11.7 Å². The number of pyridine rings is 1. The van der Waals surface area contributed by atoms with Crippen molar-refractivity contribution in [1.29, 1.82) is 0 Å². The summed E-state index contributed by atoms with van der Waals surface area (Å²) < 4.78 is 58.2. The zero-order valence-electron chi connectivity index (χ0n) is 17.9. The Hall–Kier alpha value is -2.14. The van der Waals surface area contributed by atoms with E-state index < -0.39 is 17.8 Å². The summed E-state index contributed by atoms with van der Waals surface area (Å²) in [7, 11) is 0. The van der Waals surface area contributed by atoms with E-state index in [1.807, 2.05) is 6.92 Å². The van der Waals surface area contributed by atoms with E-state index in [1.165, 1.54) is 13.1 Å². The summed E-state index contributed by atoms with van der Waals surface area (Å²) >= 11 is 0.968. The van der Waals surface area contributed by atoms with Crippen LogP contribution in [0.2, 0.25) is 0 Å². The van der Waals surface area contributed by atoms with Gasteiger partial charge in [0.25, 0.3) is 17.0 Å². The van der Waals surface area contributed by atoms with E-state index in [1.54, 1.807) is 0 Å². The number of amides is 1. The van der Waals surface area contributed by atoms with Gasteiger partial charge in [-0.05, 0) is 32.6 Å². The van der Waals surface area contributed by atoms with Crippen molar-refractivity contribution in [2.75, 3.05) is 6.61 Å². The van der Waals surface area contributed by atoms with Crippen LogP contribution in [0, 0.1) is 5.82 Å².